The third-order valence-electron chi connectivity index (χ3n) is 4.19. The maximum absolute atomic E-state index is 12.1. The molecule has 0 spiro atoms. The van der Waals surface area contributed by atoms with Crippen molar-refractivity contribution < 1.29 is 4.74 Å². The van der Waals surface area contributed by atoms with Crippen LogP contribution in [0.2, 0.25) is 0 Å². The van der Waals surface area contributed by atoms with Gasteiger partial charge in [0.2, 0.25) is 0 Å². The number of nitrogens with zero attached hydrogens (tertiary/aromatic N) is 1. The summed E-state index contributed by atoms with van der Waals surface area (Å²) >= 11 is 0. The second-order valence-corrected chi connectivity index (χ2v) is 5.69. The first-order valence-electron chi connectivity index (χ1n) is 7.55. The summed E-state index contributed by atoms with van der Waals surface area (Å²) < 4.78 is 5.73. The van der Waals surface area contributed by atoms with E-state index in [1.54, 1.807) is 0 Å². The molecule has 0 radical (unpaired) electrons. The molecule has 3 rings (SSSR count). The van der Waals surface area contributed by atoms with Gasteiger partial charge in [0.1, 0.15) is 5.82 Å². The standard InChI is InChI=1S/C15H22N2O2/c18-15-12-7-2-1-3-8-13(12)16-14(17-15)10-11-6-4-5-9-19-11/h11H,1-10H2,(H,16,17,18). The van der Waals surface area contributed by atoms with Gasteiger partial charge in [-0.3, -0.25) is 4.79 Å². The van der Waals surface area contributed by atoms with Crippen LogP contribution in [0.3, 0.4) is 0 Å². The Bertz CT molecular complexity index is 489. The van der Waals surface area contributed by atoms with E-state index in [4.69, 9.17) is 9.72 Å². The molecular weight excluding hydrogens is 240 g/mol. The Balaban J connectivity index is 1.80. The number of rotatable bonds is 2. The summed E-state index contributed by atoms with van der Waals surface area (Å²) in [6, 6.07) is 0. The summed E-state index contributed by atoms with van der Waals surface area (Å²) in [6.45, 7) is 0.847. The number of aromatic nitrogens is 2. The highest BCUT2D eigenvalue weighted by Crippen LogP contribution is 2.18. The molecule has 1 aliphatic heterocycles. The van der Waals surface area contributed by atoms with E-state index in [-0.39, 0.29) is 11.7 Å². The van der Waals surface area contributed by atoms with Crippen LogP contribution in [-0.2, 0) is 24.0 Å². The first-order chi connectivity index (χ1) is 9.33. The lowest BCUT2D eigenvalue weighted by molar-refractivity contribution is 0.0156. The molecule has 1 fully saturated rings. The number of nitrogens with one attached hydrogen (secondary N) is 1. The Kier molecular flexibility index (Phi) is 3.97. The van der Waals surface area contributed by atoms with E-state index < -0.39 is 0 Å². The van der Waals surface area contributed by atoms with E-state index in [9.17, 15) is 4.79 Å². The fraction of sp³-hybridized carbons (Fsp3) is 0.733. The lowest BCUT2D eigenvalue weighted by Gasteiger charge is -2.22. The van der Waals surface area contributed by atoms with Gasteiger partial charge >= 0.3 is 0 Å². The molecule has 1 N–H and O–H groups in total. The van der Waals surface area contributed by atoms with Crippen LogP contribution < -0.4 is 5.56 Å². The highest BCUT2D eigenvalue weighted by Gasteiger charge is 2.18. The van der Waals surface area contributed by atoms with Crippen molar-refractivity contribution in [3.05, 3.63) is 27.4 Å². The number of hydrogen-bond acceptors (Lipinski definition) is 3. The normalized spacial score (nSPS) is 23.7. The Hall–Kier alpha value is -1.16. The maximum Gasteiger partial charge on any atom is 0.254 e. The van der Waals surface area contributed by atoms with E-state index in [1.807, 2.05) is 0 Å². The summed E-state index contributed by atoms with van der Waals surface area (Å²) in [5, 5.41) is 0. The predicted molar refractivity (Wildman–Crippen MR) is 73.4 cm³/mol. The van der Waals surface area contributed by atoms with E-state index >= 15 is 0 Å². The van der Waals surface area contributed by atoms with E-state index in [0.717, 1.165) is 68.6 Å². The average molecular weight is 262 g/mol. The topological polar surface area (TPSA) is 55.0 Å². The van der Waals surface area contributed by atoms with E-state index in [0.29, 0.717) is 0 Å². The molecule has 2 heterocycles. The zero-order valence-electron chi connectivity index (χ0n) is 11.4. The van der Waals surface area contributed by atoms with Gasteiger partial charge in [-0.1, -0.05) is 6.42 Å². The molecular formula is C15H22N2O2. The van der Waals surface area contributed by atoms with Crippen LogP contribution in [0.25, 0.3) is 0 Å². The number of hydrogen-bond donors (Lipinski definition) is 1. The van der Waals surface area contributed by atoms with Gasteiger partial charge in [-0.15, -0.1) is 0 Å². The van der Waals surface area contributed by atoms with Crippen LogP contribution in [-0.4, -0.2) is 22.7 Å². The van der Waals surface area contributed by atoms with Crippen molar-refractivity contribution in [3.63, 3.8) is 0 Å². The van der Waals surface area contributed by atoms with Gasteiger partial charge in [0, 0.05) is 18.6 Å². The van der Waals surface area contributed by atoms with Crippen molar-refractivity contribution in [2.45, 2.75) is 63.9 Å². The molecule has 4 heteroatoms. The van der Waals surface area contributed by atoms with Crippen LogP contribution >= 0.6 is 0 Å². The minimum Gasteiger partial charge on any atom is -0.378 e. The lowest BCUT2D eigenvalue weighted by Crippen LogP contribution is -2.26. The molecule has 19 heavy (non-hydrogen) atoms. The molecule has 2 aliphatic rings. The average Bonchev–Trinajstić information content (AvgIpc) is 2.65. The van der Waals surface area contributed by atoms with E-state index in [1.165, 1.54) is 12.8 Å². The quantitative estimate of drug-likeness (QED) is 0.831. The molecule has 0 saturated carbocycles. The van der Waals surface area contributed by atoms with Crippen molar-refractivity contribution in [2.75, 3.05) is 6.61 Å². The van der Waals surface area contributed by atoms with Crippen molar-refractivity contribution in [3.8, 4) is 0 Å². The molecule has 1 aromatic heterocycles. The van der Waals surface area contributed by atoms with E-state index in [2.05, 4.69) is 4.98 Å². The molecule has 1 aliphatic carbocycles. The lowest BCUT2D eigenvalue weighted by atomic mass is 10.1. The third-order valence-corrected chi connectivity index (χ3v) is 4.19. The highest BCUT2D eigenvalue weighted by atomic mass is 16.5. The monoisotopic (exact) mass is 262 g/mol. The maximum atomic E-state index is 12.1. The number of H-pyrrole nitrogens is 1. The Morgan fingerprint density at radius 3 is 2.89 bits per heavy atom. The zero-order chi connectivity index (χ0) is 13.1. The number of ether oxygens (including phenoxy) is 1. The predicted octanol–water partition coefficient (Wildman–Crippen LogP) is 2.15. The molecule has 4 nitrogen and oxygen atoms in total. The molecule has 0 bridgehead atoms. The minimum atomic E-state index is 0.0812. The summed E-state index contributed by atoms with van der Waals surface area (Å²) in [4.78, 5) is 19.8. The Labute approximate surface area is 113 Å². The van der Waals surface area contributed by atoms with Gasteiger partial charge in [-0.25, -0.2) is 4.98 Å². The number of aromatic amines is 1. The second kappa shape index (κ2) is 5.87. The fourth-order valence-corrected chi connectivity index (χ4v) is 3.11. The minimum absolute atomic E-state index is 0.0812. The zero-order valence-corrected chi connectivity index (χ0v) is 11.4. The van der Waals surface area contributed by atoms with Crippen molar-refractivity contribution in [1.82, 2.24) is 9.97 Å². The molecule has 0 amide bonds. The molecule has 1 unspecified atom stereocenters. The summed E-state index contributed by atoms with van der Waals surface area (Å²) in [5.41, 5.74) is 2.04. The van der Waals surface area contributed by atoms with Crippen LogP contribution in [0.1, 0.15) is 55.6 Å². The number of fused-ring (bicyclic) bond motifs is 1. The number of aryl methyl sites for hydroxylation is 1. The Morgan fingerprint density at radius 1 is 1.16 bits per heavy atom. The first kappa shape index (κ1) is 12.9. The molecule has 1 atom stereocenters. The van der Waals surface area contributed by atoms with Crippen LogP contribution in [0.5, 0.6) is 0 Å². The molecule has 1 aromatic rings. The van der Waals surface area contributed by atoms with Gasteiger partial charge in [0.05, 0.1) is 11.8 Å². The van der Waals surface area contributed by atoms with Crippen LogP contribution in [0.4, 0.5) is 0 Å². The summed E-state index contributed by atoms with van der Waals surface area (Å²) in [7, 11) is 0. The summed E-state index contributed by atoms with van der Waals surface area (Å²) in [6.07, 6.45) is 9.77. The first-order valence-corrected chi connectivity index (χ1v) is 7.55. The van der Waals surface area contributed by atoms with Crippen molar-refractivity contribution >= 4 is 0 Å². The second-order valence-electron chi connectivity index (χ2n) is 5.69. The van der Waals surface area contributed by atoms with Crippen LogP contribution in [0, 0.1) is 0 Å². The van der Waals surface area contributed by atoms with Gasteiger partial charge in [0.25, 0.3) is 5.56 Å². The van der Waals surface area contributed by atoms with Gasteiger partial charge in [0.15, 0.2) is 0 Å². The van der Waals surface area contributed by atoms with Gasteiger partial charge in [-0.05, 0) is 44.9 Å². The third kappa shape index (κ3) is 3.06. The molecule has 1 saturated heterocycles. The molecule has 104 valence electrons. The van der Waals surface area contributed by atoms with Crippen LogP contribution in [0.15, 0.2) is 4.79 Å². The fourth-order valence-electron chi connectivity index (χ4n) is 3.11. The smallest absolute Gasteiger partial charge is 0.254 e. The molecule has 0 aromatic carbocycles. The Morgan fingerprint density at radius 2 is 2.05 bits per heavy atom. The highest BCUT2D eigenvalue weighted by molar-refractivity contribution is 5.19. The van der Waals surface area contributed by atoms with Crippen molar-refractivity contribution in [1.29, 1.82) is 0 Å². The van der Waals surface area contributed by atoms with Gasteiger partial charge in [-0.2, -0.15) is 0 Å². The SMILES string of the molecule is O=c1[nH]c(CC2CCCCO2)nc2c1CCCCC2. The summed E-state index contributed by atoms with van der Waals surface area (Å²) in [5.74, 6) is 0.817. The van der Waals surface area contributed by atoms with Crippen molar-refractivity contribution in [2.24, 2.45) is 0 Å². The largest absolute Gasteiger partial charge is 0.378 e. The van der Waals surface area contributed by atoms with Gasteiger partial charge < -0.3 is 9.72 Å².